The van der Waals surface area contributed by atoms with Crippen molar-refractivity contribution < 1.29 is 18.7 Å². The Morgan fingerprint density at radius 2 is 2.09 bits per heavy atom. The highest BCUT2D eigenvalue weighted by atomic mass is 19.1. The van der Waals surface area contributed by atoms with E-state index >= 15 is 0 Å². The molecule has 0 saturated heterocycles. The monoisotopic (exact) mass is 321 g/mol. The maximum atomic E-state index is 13.8. The number of halogens is 1. The van der Waals surface area contributed by atoms with Gasteiger partial charge in [-0.3, -0.25) is 4.90 Å². The molecule has 0 bridgehead atoms. The highest BCUT2D eigenvalue weighted by Gasteiger charge is 2.14. The minimum absolute atomic E-state index is 0.211. The molecular weight excluding hydrogens is 297 g/mol. The third kappa shape index (κ3) is 6.14. The first-order valence-corrected chi connectivity index (χ1v) is 7.93. The average molecular weight is 321 g/mol. The number of furan rings is 1. The molecular formula is C18H24FNO3. The van der Waals surface area contributed by atoms with Gasteiger partial charge in [-0.15, -0.1) is 0 Å². The zero-order valence-electron chi connectivity index (χ0n) is 13.5. The molecule has 0 radical (unpaired) electrons. The normalized spacial score (nSPS) is 12.7. The van der Waals surface area contributed by atoms with Gasteiger partial charge in [0, 0.05) is 18.7 Å². The first-order valence-electron chi connectivity index (χ1n) is 7.93. The van der Waals surface area contributed by atoms with Gasteiger partial charge >= 0.3 is 0 Å². The summed E-state index contributed by atoms with van der Waals surface area (Å²) in [4.78, 5) is 2.04. The van der Waals surface area contributed by atoms with Crippen LogP contribution in [0, 0.1) is 5.82 Å². The Labute approximate surface area is 136 Å². The molecule has 1 atom stereocenters. The molecule has 0 fully saturated rings. The number of nitrogens with zero attached hydrogens (tertiary/aromatic N) is 1. The van der Waals surface area contributed by atoms with Gasteiger partial charge in [-0.1, -0.05) is 25.1 Å². The van der Waals surface area contributed by atoms with Gasteiger partial charge in [0.2, 0.25) is 0 Å². The molecule has 23 heavy (non-hydrogen) atoms. The van der Waals surface area contributed by atoms with Crippen LogP contribution in [0.5, 0.6) is 0 Å². The molecule has 0 saturated carbocycles. The van der Waals surface area contributed by atoms with E-state index < -0.39 is 6.10 Å². The first-order chi connectivity index (χ1) is 11.2. The second-order valence-electron chi connectivity index (χ2n) is 5.57. The Morgan fingerprint density at radius 1 is 1.26 bits per heavy atom. The lowest BCUT2D eigenvalue weighted by atomic mass is 10.2. The molecule has 2 rings (SSSR count). The Hall–Kier alpha value is -1.69. The van der Waals surface area contributed by atoms with Crippen LogP contribution < -0.4 is 0 Å². The van der Waals surface area contributed by atoms with Gasteiger partial charge in [0.25, 0.3) is 0 Å². The number of benzene rings is 1. The summed E-state index contributed by atoms with van der Waals surface area (Å²) < 4.78 is 24.4. The van der Waals surface area contributed by atoms with E-state index in [0.717, 1.165) is 18.7 Å². The van der Waals surface area contributed by atoms with Crippen LogP contribution in [0.1, 0.15) is 24.7 Å². The number of hydrogen-bond donors (Lipinski definition) is 1. The van der Waals surface area contributed by atoms with Crippen molar-refractivity contribution in [1.82, 2.24) is 4.90 Å². The van der Waals surface area contributed by atoms with E-state index in [2.05, 4.69) is 6.92 Å². The van der Waals surface area contributed by atoms with Crippen LogP contribution in [0.15, 0.2) is 47.1 Å². The summed E-state index contributed by atoms with van der Waals surface area (Å²) in [5.41, 5.74) is 0.643. The molecule has 0 unspecified atom stereocenters. The SMILES string of the molecule is CCCN(Cc1ccccc1F)C[C@@H](O)COCc1ccco1. The minimum Gasteiger partial charge on any atom is -0.467 e. The smallest absolute Gasteiger partial charge is 0.129 e. The average Bonchev–Trinajstić information content (AvgIpc) is 3.03. The van der Waals surface area contributed by atoms with E-state index in [0.29, 0.717) is 25.3 Å². The summed E-state index contributed by atoms with van der Waals surface area (Å²) in [6, 6.07) is 10.4. The Kier molecular flexibility index (Phi) is 7.26. The molecule has 1 aromatic carbocycles. The number of ether oxygens (including phenoxy) is 1. The van der Waals surface area contributed by atoms with Crippen LogP contribution in [0.25, 0.3) is 0 Å². The quantitative estimate of drug-likeness (QED) is 0.730. The second kappa shape index (κ2) is 9.45. The van der Waals surface area contributed by atoms with Crippen molar-refractivity contribution in [2.45, 2.75) is 32.6 Å². The fourth-order valence-corrected chi connectivity index (χ4v) is 2.46. The molecule has 1 N–H and O–H groups in total. The van der Waals surface area contributed by atoms with Gasteiger partial charge in [-0.25, -0.2) is 4.39 Å². The van der Waals surface area contributed by atoms with Crippen LogP contribution in [0.2, 0.25) is 0 Å². The predicted octanol–water partition coefficient (Wildman–Crippen LogP) is 3.21. The number of aliphatic hydroxyl groups is 1. The molecule has 0 aliphatic carbocycles. The third-order valence-corrected chi connectivity index (χ3v) is 3.50. The van der Waals surface area contributed by atoms with Crippen molar-refractivity contribution in [2.24, 2.45) is 0 Å². The van der Waals surface area contributed by atoms with Gasteiger partial charge in [-0.2, -0.15) is 0 Å². The lowest BCUT2D eigenvalue weighted by molar-refractivity contribution is 0.00373. The fourth-order valence-electron chi connectivity index (χ4n) is 2.46. The molecule has 126 valence electrons. The maximum Gasteiger partial charge on any atom is 0.129 e. The summed E-state index contributed by atoms with van der Waals surface area (Å²) in [6.07, 6.45) is 1.91. The van der Waals surface area contributed by atoms with Gasteiger partial charge in [0.1, 0.15) is 18.2 Å². The number of rotatable bonds is 10. The molecule has 5 heteroatoms. The topological polar surface area (TPSA) is 45.8 Å². The Balaban J connectivity index is 1.79. The maximum absolute atomic E-state index is 13.8. The van der Waals surface area contributed by atoms with E-state index in [1.54, 1.807) is 24.5 Å². The van der Waals surface area contributed by atoms with Crippen LogP contribution in [-0.2, 0) is 17.9 Å². The van der Waals surface area contributed by atoms with Crippen molar-refractivity contribution in [1.29, 1.82) is 0 Å². The summed E-state index contributed by atoms with van der Waals surface area (Å²) in [7, 11) is 0. The predicted molar refractivity (Wildman–Crippen MR) is 86.3 cm³/mol. The standard InChI is InChI=1S/C18H24FNO3/c1-2-9-20(11-15-6-3-4-8-18(15)19)12-16(21)13-22-14-17-7-5-10-23-17/h3-8,10,16,21H,2,9,11-14H2,1H3/t16-/m1/s1. The van der Waals surface area contributed by atoms with Crippen LogP contribution in [0.3, 0.4) is 0 Å². The van der Waals surface area contributed by atoms with Crippen molar-refractivity contribution in [3.63, 3.8) is 0 Å². The largest absolute Gasteiger partial charge is 0.467 e. The van der Waals surface area contributed by atoms with Crippen molar-refractivity contribution in [3.8, 4) is 0 Å². The molecule has 1 heterocycles. The van der Waals surface area contributed by atoms with Crippen LogP contribution >= 0.6 is 0 Å². The zero-order chi connectivity index (χ0) is 16.5. The van der Waals surface area contributed by atoms with E-state index in [-0.39, 0.29) is 12.4 Å². The fraction of sp³-hybridized carbons (Fsp3) is 0.444. The molecule has 0 spiro atoms. The van der Waals surface area contributed by atoms with Crippen molar-refractivity contribution in [3.05, 3.63) is 59.8 Å². The van der Waals surface area contributed by atoms with Crippen molar-refractivity contribution >= 4 is 0 Å². The number of aliphatic hydroxyl groups excluding tert-OH is 1. The summed E-state index contributed by atoms with van der Waals surface area (Å²) in [5.74, 6) is 0.520. The lowest BCUT2D eigenvalue weighted by Crippen LogP contribution is -2.35. The van der Waals surface area contributed by atoms with Gasteiger partial charge in [-0.05, 0) is 31.2 Å². The Bertz CT molecular complexity index is 559. The molecule has 0 aliphatic heterocycles. The highest BCUT2D eigenvalue weighted by Crippen LogP contribution is 2.11. The van der Waals surface area contributed by atoms with Crippen molar-refractivity contribution in [2.75, 3.05) is 19.7 Å². The van der Waals surface area contributed by atoms with E-state index in [9.17, 15) is 9.50 Å². The lowest BCUT2D eigenvalue weighted by Gasteiger charge is -2.24. The van der Waals surface area contributed by atoms with Gasteiger partial charge in [0.15, 0.2) is 0 Å². The van der Waals surface area contributed by atoms with E-state index in [4.69, 9.17) is 9.15 Å². The summed E-state index contributed by atoms with van der Waals surface area (Å²) in [6.45, 7) is 4.34. The zero-order valence-corrected chi connectivity index (χ0v) is 13.5. The number of hydrogen-bond acceptors (Lipinski definition) is 4. The molecule has 0 amide bonds. The van der Waals surface area contributed by atoms with E-state index in [1.807, 2.05) is 17.0 Å². The first kappa shape index (κ1) is 17.7. The third-order valence-electron chi connectivity index (χ3n) is 3.50. The highest BCUT2D eigenvalue weighted by molar-refractivity contribution is 5.17. The summed E-state index contributed by atoms with van der Waals surface area (Å²) in [5, 5.41) is 10.1. The molecule has 0 aliphatic rings. The second-order valence-corrected chi connectivity index (χ2v) is 5.57. The van der Waals surface area contributed by atoms with Crippen LogP contribution in [0.4, 0.5) is 4.39 Å². The molecule has 1 aromatic heterocycles. The van der Waals surface area contributed by atoms with Gasteiger partial charge < -0.3 is 14.3 Å². The van der Waals surface area contributed by atoms with E-state index in [1.165, 1.54) is 6.07 Å². The molecule has 4 nitrogen and oxygen atoms in total. The summed E-state index contributed by atoms with van der Waals surface area (Å²) >= 11 is 0. The minimum atomic E-state index is -0.622. The Morgan fingerprint density at radius 3 is 2.78 bits per heavy atom. The van der Waals surface area contributed by atoms with Gasteiger partial charge in [0.05, 0.1) is 19.0 Å². The molecule has 2 aromatic rings. The van der Waals surface area contributed by atoms with Crippen LogP contribution in [-0.4, -0.2) is 35.8 Å².